The van der Waals surface area contributed by atoms with Gasteiger partial charge >= 0.3 is 0 Å². The SMILES string of the molecule is Cc1ccccc1Oc1cc(N2CCN(c3ccccc3)CC2)ncn1. The fraction of sp³-hybridized carbons (Fsp3) is 0.238. The van der Waals surface area contributed by atoms with Gasteiger partial charge in [0.05, 0.1) is 0 Å². The summed E-state index contributed by atoms with van der Waals surface area (Å²) >= 11 is 0. The summed E-state index contributed by atoms with van der Waals surface area (Å²) in [5, 5.41) is 0. The van der Waals surface area contributed by atoms with E-state index in [-0.39, 0.29) is 0 Å². The largest absolute Gasteiger partial charge is 0.439 e. The standard InChI is InChI=1S/C21H22N4O/c1-17-7-5-6-10-19(17)26-21-15-20(22-16-23-21)25-13-11-24(12-14-25)18-8-3-2-4-9-18/h2-10,15-16H,11-14H2,1H3. The van der Waals surface area contributed by atoms with Gasteiger partial charge in [0.2, 0.25) is 5.88 Å². The van der Waals surface area contributed by atoms with Crippen LogP contribution in [-0.4, -0.2) is 36.1 Å². The van der Waals surface area contributed by atoms with E-state index in [9.17, 15) is 0 Å². The molecule has 0 saturated carbocycles. The van der Waals surface area contributed by atoms with Gasteiger partial charge in [0, 0.05) is 37.9 Å². The average molecular weight is 346 g/mol. The summed E-state index contributed by atoms with van der Waals surface area (Å²) in [6, 6.07) is 20.4. The number of anilines is 2. The maximum atomic E-state index is 5.94. The van der Waals surface area contributed by atoms with Crippen molar-refractivity contribution in [2.75, 3.05) is 36.0 Å². The van der Waals surface area contributed by atoms with E-state index in [1.165, 1.54) is 5.69 Å². The molecule has 0 radical (unpaired) electrons. The summed E-state index contributed by atoms with van der Waals surface area (Å²) in [6.07, 6.45) is 1.58. The number of ether oxygens (including phenoxy) is 1. The van der Waals surface area contributed by atoms with Gasteiger partial charge in [0.25, 0.3) is 0 Å². The molecule has 0 unspecified atom stereocenters. The molecule has 5 nitrogen and oxygen atoms in total. The Labute approximate surface area is 153 Å². The molecule has 26 heavy (non-hydrogen) atoms. The van der Waals surface area contributed by atoms with E-state index in [1.807, 2.05) is 37.3 Å². The van der Waals surface area contributed by atoms with E-state index in [1.54, 1.807) is 6.33 Å². The first-order valence-electron chi connectivity index (χ1n) is 8.90. The molecule has 132 valence electrons. The molecule has 5 heteroatoms. The molecule has 0 N–H and O–H groups in total. The number of hydrogen-bond donors (Lipinski definition) is 0. The van der Waals surface area contributed by atoms with Gasteiger partial charge in [-0.2, -0.15) is 0 Å². The lowest BCUT2D eigenvalue weighted by Crippen LogP contribution is -2.46. The van der Waals surface area contributed by atoms with Crippen LogP contribution in [0.2, 0.25) is 0 Å². The number of nitrogens with zero attached hydrogens (tertiary/aromatic N) is 4. The molecule has 1 aliphatic rings. The Bertz CT molecular complexity index is 861. The smallest absolute Gasteiger partial charge is 0.224 e. The Kier molecular flexibility index (Phi) is 4.69. The first kappa shape index (κ1) is 16.4. The van der Waals surface area contributed by atoms with Gasteiger partial charge in [-0.05, 0) is 30.7 Å². The minimum atomic E-state index is 0.579. The Balaban J connectivity index is 1.44. The second-order valence-corrected chi connectivity index (χ2v) is 6.39. The first-order chi connectivity index (χ1) is 12.8. The van der Waals surface area contributed by atoms with Crippen LogP contribution < -0.4 is 14.5 Å². The van der Waals surface area contributed by atoms with Crippen molar-refractivity contribution in [1.29, 1.82) is 0 Å². The fourth-order valence-corrected chi connectivity index (χ4v) is 3.17. The molecule has 0 aliphatic carbocycles. The zero-order valence-electron chi connectivity index (χ0n) is 14.9. The van der Waals surface area contributed by atoms with Crippen molar-refractivity contribution in [3.05, 3.63) is 72.6 Å². The van der Waals surface area contributed by atoms with Gasteiger partial charge in [0.15, 0.2) is 0 Å². The molecule has 0 bridgehead atoms. The first-order valence-corrected chi connectivity index (χ1v) is 8.90. The Morgan fingerprint density at radius 1 is 0.808 bits per heavy atom. The molecule has 2 aromatic carbocycles. The van der Waals surface area contributed by atoms with Crippen molar-refractivity contribution in [2.45, 2.75) is 6.92 Å². The average Bonchev–Trinajstić information content (AvgIpc) is 2.71. The van der Waals surface area contributed by atoms with E-state index < -0.39 is 0 Å². The predicted molar refractivity (Wildman–Crippen MR) is 104 cm³/mol. The van der Waals surface area contributed by atoms with Crippen molar-refractivity contribution < 1.29 is 4.74 Å². The molecule has 0 spiro atoms. The minimum Gasteiger partial charge on any atom is -0.439 e. The number of rotatable bonds is 4. The van der Waals surface area contributed by atoms with Crippen LogP contribution in [0.5, 0.6) is 11.6 Å². The molecular formula is C21H22N4O. The van der Waals surface area contributed by atoms with E-state index >= 15 is 0 Å². The summed E-state index contributed by atoms with van der Waals surface area (Å²) in [5.41, 5.74) is 2.36. The molecule has 1 aliphatic heterocycles. The van der Waals surface area contributed by atoms with Gasteiger partial charge in [0.1, 0.15) is 17.9 Å². The van der Waals surface area contributed by atoms with Crippen LogP contribution in [0, 0.1) is 6.92 Å². The van der Waals surface area contributed by atoms with Crippen LogP contribution in [0.25, 0.3) is 0 Å². The van der Waals surface area contributed by atoms with Crippen molar-refractivity contribution in [3.63, 3.8) is 0 Å². The number of aromatic nitrogens is 2. The highest BCUT2D eigenvalue weighted by atomic mass is 16.5. The highest BCUT2D eigenvalue weighted by molar-refractivity contribution is 5.50. The molecule has 0 amide bonds. The summed E-state index contributed by atoms with van der Waals surface area (Å²) in [5.74, 6) is 2.32. The third-order valence-corrected chi connectivity index (χ3v) is 4.66. The molecule has 1 fully saturated rings. The Morgan fingerprint density at radius 3 is 2.27 bits per heavy atom. The second-order valence-electron chi connectivity index (χ2n) is 6.39. The molecule has 1 saturated heterocycles. The van der Waals surface area contributed by atoms with E-state index in [2.05, 4.69) is 50.1 Å². The van der Waals surface area contributed by atoms with Crippen LogP contribution in [0.3, 0.4) is 0 Å². The lowest BCUT2D eigenvalue weighted by molar-refractivity contribution is 0.457. The minimum absolute atomic E-state index is 0.579. The topological polar surface area (TPSA) is 41.5 Å². The van der Waals surface area contributed by atoms with Crippen molar-refractivity contribution in [3.8, 4) is 11.6 Å². The van der Waals surface area contributed by atoms with Crippen LogP contribution in [0.1, 0.15) is 5.56 Å². The lowest BCUT2D eigenvalue weighted by Gasteiger charge is -2.36. The predicted octanol–water partition coefficient (Wildman–Crippen LogP) is 3.90. The number of para-hydroxylation sites is 2. The zero-order valence-corrected chi connectivity index (χ0v) is 14.9. The maximum absolute atomic E-state index is 5.94. The molecule has 4 rings (SSSR count). The van der Waals surface area contributed by atoms with E-state index in [0.29, 0.717) is 5.88 Å². The van der Waals surface area contributed by atoms with Crippen molar-refractivity contribution >= 4 is 11.5 Å². The van der Waals surface area contributed by atoms with Gasteiger partial charge < -0.3 is 14.5 Å². The summed E-state index contributed by atoms with van der Waals surface area (Å²) < 4.78 is 5.94. The van der Waals surface area contributed by atoms with E-state index in [4.69, 9.17) is 4.74 Å². The third kappa shape index (κ3) is 3.61. The van der Waals surface area contributed by atoms with Crippen molar-refractivity contribution in [2.24, 2.45) is 0 Å². The highest BCUT2D eigenvalue weighted by Gasteiger charge is 2.19. The van der Waals surface area contributed by atoms with Gasteiger partial charge in [-0.1, -0.05) is 36.4 Å². The Morgan fingerprint density at radius 2 is 1.50 bits per heavy atom. The summed E-state index contributed by atoms with van der Waals surface area (Å²) in [4.78, 5) is 13.4. The maximum Gasteiger partial charge on any atom is 0.224 e. The molecular weight excluding hydrogens is 324 g/mol. The number of benzene rings is 2. The van der Waals surface area contributed by atoms with Gasteiger partial charge in [-0.15, -0.1) is 0 Å². The molecule has 3 aromatic rings. The second kappa shape index (κ2) is 7.44. The van der Waals surface area contributed by atoms with Crippen LogP contribution >= 0.6 is 0 Å². The van der Waals surface area contributed by atoms with Crippen molar-refractivity contribution in [1.82, 2.24) is 9.97 Å². The van der Waals surface area contributed by atoms with Gasteiger partial charge in [-0.3, -0.25) is 0 Å². The number of piperazine rings is 1. The van der Waals surface area contributed by atoms with Crippen LogP contribution in [0.15, 0.2) is 67.0 Å². The summed E-state index contributed by atoms with van der Waals surface area (Å²) in [7, 11) is 0. The normalized spacial score (nSPS) is 14.3. The summed E-state index contributed by atoms with van der Waals surface area (Å²) in [6.45, 7) is 5.83. The monoisotopic (exact) mass is 346 g/mol. The Hall–Kier alpha value is -3.08. The molecule has 2 heterocycles. The molecule has 0 atom stereocenters. The van der Waals surface area contributed by atoms with Gasteiger partial charge in [-0.25, -0.2) is 9.97 Å². The lowest BCUT2D eigenvalue weighted by atomic mass is 10.2. The highest BCUT2D eigenvalue weighted by Crippen LogP contribution is 2.26. The number of hydrogen-bond acceptors (Lipinski definition) is 5. The quantitative estimate of drug-likeness (QED) is 0.716. The third-order valence-electron chi connectivity index (χ3n) is 4.66. The molecule has 1 aromatic heterocycles. The van der Waals surface area contributed by atoms with E-state index in [0.717, 1.165) is 43.3 Å². The zero-order chi connectivity index (χ0) is 17.8. The van der Waals surface area contributed by atoms with Crippen LogP contribution in [0.4, 0.5) is 11.5 Å². The number of aryl methyl sites for hydroxylation is 1. The fourth-order valence-electron chi connectivity index (χ4n) is 3.17. The van der Waals surface area contributed by atoms with Crippen LogP contribution in [-0.2, 0) is 0 Å².